The predicted molar refractivity (Wildman–Crippen MR) is 42.9 cm³/mol. The van der Waals surface area contributed by atoms with Crippen molar-refractivity contribution < 1.29 is 0 Å². The van der Waals surface area contributed by atoms with Crippen LogP contribution in [0.15, 0.2) is 23.2 Å². The van der Waals surface area contributed by atoms with Gasteiger partial charge < -0.3 is 5.32 Å². The molecule has 1 aromatic rings. The molecule has 0 bridgehead atoms. The van der Waals surface area contributed by atoms with Crippen LogP contribution in [0.3, 0.4) is 0 Å². The fourth-order valence-corrected chi connectivity index (χ4v) is 0.937. The molecule has 0 atom stereocenters. The summed E-state index contributed by atoms with van der Waals surface area (Å²) in [5.41, 5.74) is 0. The molecule has 0 saturated carbocycles. The van der Waals surface area contributed by atoms with Crippen LogP contribution < -0.4 is 5.32 Å². The molecule has 0 spiro atoms. The fourth-order valence-electron chi connectivity index (χ4n) is 0.575. The van der Waals surface area contributed by atoms with Crippen molar-refractivity contribution in [1.29, 1.82) is 0 Å². The molecule has 0 aliphatic heterocycles. The second-order valence-electron chi connectivity index (χ2n) is 1.71. The van der Waals surface area contributed by atoms with E-state index in [1.54, 1.807) is 24.0 Å². The first-order valence-corrected chi connectivity index (χ1v) is 4.02. The first kappa shape index (κ1) is 7.41. The number of anilines is 1. The smallest absolute Gasteiger partial charge is 0.126 e. The fraction of sp³-hybridized carbons (Fsp3) is 0.143. The van der Waals surface area contributed by atoms with E-state index >= 15 is 0 Å². The maximum atomic E-state index is 6.75. The number of nitrogens with one attached hydrogen (secondary N) is 1. The van der Waals surface area contributed by atoms with E-state index < -0.39 is 0 Å². The lowest BCUT2D eigenvalue weighted by atomic mass is 10.5. The van der Waals surface area contributed by atoms with Gasteiger partial charge in [0, 0.05) is 11.1 Å². The van der Waals surface area contributed by atoms with Gasteiger partial charge in [0.1, 0.15) is 12.9 Å². The third kappa shape index (κ3) is 1.64. The summed E-state index contributed by atoms with van der Waals surface area (Å²) in [7, 11) is 6.75. The van der Waals surface area contributed by atoms with Gasteiger partial charge in [-0.3, -0.25) is 0 Å². The van der Waals surface area contributed by atoms with Gasteiger partial charge in [0.2, 0.25) is 0 Å². The summed E-state index contributed by atoms with van der Waals surface area (Å²) in [4.78, 5) is 5.06. The third-order valence-electron chi connectivity index (χ3n) is 1.10. The molecule has 2 nitrogen and oxygen atoms in total. The largest absolute Gasteiger partial charge is 0.357 e. The first-order valence-electron chi connectivity index (χ1n) is 2.79. The number of pyridine rings is 1. The molecule has 10 heavy (non-hydrogen) atoms. The Hall–Kier alpha value is -0.700. The van der Waals surface area contributed by atoms with Crippen LogP contribution >= 0.6 is 11.8 Å². The van der Waals surface area contributed by atoms with Crippen molar-refractivity contribution in [2.75, 3.05) is 11.6 Å². The van der Waals surface area contributed by atoms with E-state index in [0.717, 1.165) is 4.90 Å². The lowest BCUT2D eigenvalue weighted by Crippen LogP contribution is -1.87. The minimum absolute atomic E-state index is 0.581. The van der Waals surface area contributed by atoms with Gasteiger partial charge in [-0.05, 0) is 18.4 Å². The minimum Gasteiger partial charge on any atom is -0.357 e. The van der Waals surface area contributed by atoms with Crippen molar-refractivity contribution in [2.24, 2.45) is 0 Å². The SMILES string of the molecule is [C]Nc1ccc(SC)cn1. The number of hydrogen-bond acceptors (Lipinski definition) is 3. The molecule has 0 aliphatic carbocycles. The highest BCUT2D eigenvalue weighted by atomic mass is 32.2. The van der Waals surface area contributed by atoms with Crippen molar-refractivity contribution >= 4 is 17.6 Å². The highest BCUT2D eigenvalue weighted by Gasteiger charge is 1.89. The predicted octanol–water partition coefficient (Wildman–Crippen LogP) is 1.76. The number of nitrogens with zero attached hydrogens (tertiary/aromatic N) is 1. The van der Waals surface area contributed by atoms with Crippen LogP contribution in [0.25, 0.3) is 0 Å². The van der Waals surface area contributed by atoms with Crippen LogP contribution in [-0.4, -0.2) is 11.2 Å². The molecular weight excluding hydrogens is 144 g/mol. The Bertz CT molecular complexity index is 172. The Balaban J connectivity index is 2.80. The highest BCUT2D eigenvalue weighted by Crippen LogP contribution is 2.13. The second-order valence-corrected chi connectivity index (χ2v) is 2.59. The molecule has 1 aromatic heterocycles. The zero-order valence-electron chi connectivity index (χ0n) is 5.59. The van der Waals surface area contributed by atoms with E-state index in [2.05, 4.69) is 10.3 Å². The van der Waals surface area contributed by atoms with E-state index in [4.69, 9.17) is 7.05 Å². The van der Waals surface area contributed by atoms with Crippen molar-refractivity contribution in [2.45, 2.75) is 4.90 Å². The van der Waals surface area contributed by atoms with Crippen molar-refractivity contribution in [3.8, 4) is 0 Å². The van der Waals surface area contributed by atoms with E-state index in [9.17, 15) is 0 Å². The van der Waals surface area contributed by atoms with Gasteiger partial charge in [-0.25, -0.2) is 4.98 Å². The summed E-state index contributed by atoms with van der Waals surface area (Å²) in [6.07, 6.45) is 3.73. The van der Waals surface area contributed by atoms with Crippen molar-refractivity contribution in [3.63, 3.8) is 0 Å². The Morgan fingerprint density at radius 1 is 1.60 bits per heavy atom. The van der Waals surface area contributed by atoms with E-state index in [1.807, 2.05) is 12.3 Å². The van der Waals surface area contributed by atoms with Crippen LogP contribution in [0.2, 0.25) is 0 Å². The van der Waals surface area contributed by atoms with Crippen LogP contribution in [0.4, 0.5) is 5.82 Å². The van der Waals surface area contributed by atoms with Crippen molar-refractivity contribution in [1.82, 2.24) is 4.98 Å². The summed E-state index contributed by atoms with van der Waals surface area (Å²) < 4.78 is 0. The summed E-state index contributed by atoms with van der Waals surface area (Å²) in [6, 6.07) is 3.70. The standard InChI is InChI=1S/C7H7N2S/c1-8-7-4-3-6(10-2)5-9-7/h3-5H,2H3,(H,8,9). The minimum atomic E-state index is 0.581. The third-order valence-corrected chi connectivity index (χ3v) is 1.81. The van der Waals surface area contributed by atoms with Gasteiger partial charge in [0.15, 0.2) is 0 Å². The maximum Gasteiger partial charge on any atom is 0.126 e. The molecule has 0 aromatic carbocycles. The van der Waals surface area contributed by atoms with Crippen LogP contribution in [0.1, 0.15) is 0 Å². The summed E-state index contributed by atoms with van der Waals surface area (Å²) in [5.74, 6) is 0.581. The molecular formula is C7H7N2S. The normalized spacial score (nSPS) is 9.40. The van der Waals surface area contributed by atoms with Gasteiger partial charge in [0.25, 0.3) is 0 Å². The summed E-state index contributed by atoms with van der Waals surface area (Å²) in [5, 5.41) is 2.21. The molecule has 1 heterocycles. The Morgan fingerprint density at radius 3 is 2.80 bits per heavy atom. The van der Waals surface area contributed by atoms with E-state index in [1.165, 1.54) is 0 Å². The molecule has 3 heteroatoms. The molecule has 3 radical (unpaired) electrons. The van der Waals surface area contributed by atoms with Crippen molar-refractivity contribution in [3.05, 3.63) is 25.4 Å². The van der Waals surface area contributed by atoms with Gasteiger partial charge in [-0.1, -0.05) is 0 Å². The molecule has 1 N–H and O–H groups in total. The molecule has 0 aliphatic rings. The topological polar surface area (TPSA) is 24.9 Å². The molecule has 1 rings (SSSR count). The second kappa shape index (κ2) is 3.46. The molecule has 0 amide bonds. The monoisotopic (exact) mass is 151 g/mol. The Labute approximate surface area is 65.1 Å². The van der Waals surface area contributed by atoms with Crippen LogP contribution in [-0.2, 0) is 0 Å². The molecule has 0 saturated heterocycles. The first-order chi connectivity index (χ1) is 4.86. The summed E-state index contributed by atoms with van der Waals surface area (Å²) >= 11 is 1.64. The van der Waals surface area contributed by atoms with E-state index in [0.29, 0.717) is 5.82 Å². The number of rotatable bonds is 2. The molecule has 51 valence electrons. The zero-order chi connectivity index (χ0) is 7.40. The zero-order valence-corrected chi connectivity index (χ0v) is 6.40. The van der Waals surface area contributed by atoms with E-state index in [-0.39, 0.29) is 0 Å². The lowest BCUT2D eigenvalue weighted by molar-refractivity contribution is 1.23. The summed E-state index contributed by atoms with van der Waals surface area (Å²) in [6.45, 7) is 0. The highest BCUT2D eigenvalue weighted by molar-refractivity contribution is 7.98. The maximum absolute atomic E-state index is 6.75. The lowest BCUT2D eigenvalue weighted by Gasteiger charge is -1.97. The van der Waals surface area contributed by atoms with Gasteiger partial charge in [-0.15, -0.1) is 11.8 Å². The van der Waals surface area contributed by atoms with Gasteiger partial charge in [0.05, 0.1) is 0 Å². The molecule has 0 fully saturated rings. The van der Waals surface area contributed by atoms with Crippen LogP contribution in [0, 0.1) is 7.05 Å². The Morgan fingerprint density at radius 2 is 2.40 bits per heavy atom. The number of thioether (sulfide) groups is 1. The van der Waals surface area contributed by atoms with Gasteiger partial charge >= 0.3 is 0 Å². The quantitative estimate of drug-likeness (QED) is 0.652. The van der Waals surface area contributed by atoms with Crippen LogP contribution in [0.5, 0.6) is 0 Å². The average Bonchev–Trinajstić information content (AvgIpc) is 2.05. The Kier molecular flexibility index (Phi) is 2.57. The number of aromatic nitrogens is 1. The molecule has 0 unspecified atom stereocenters. The van der Waals surface area contributed by atoms with Gasteiger partial charge in [-0.2, -0.15) is 0 Å². The number of hydrogen-bond donors (Lipinski definition) is 1. The average molecular weight is 151 g/mol.